The lowest BCUT2D eigenvalue weighted by Crippen LogP contribution is -2.56. The average molecular weight is 758 g/mol. The number of benzene rings is 2. The highest BCUT2D eigenvalue weighted by atomic mass is 35.5. The van der Waals surface area contributed by atoms with Crippen LogP contribution in [0.1, 0.15) is 76.9 Å². The van der Waals surface area contributed by atoms with Crippen LogP contribution in [0.25, 0.3) is 5.57 Å². The lowest BCUT2D eigenvalue weighted by molar-refractivity contribution is -0.638. The van der Waals surface area contributed by atoms with E-state index in [0.29, 0.717) is 53.8 Å². The van der Waals surface area contributed by atoms with Crippen LogP contribution in [-0.4, -0.2) is 99.0 Å². The molecule has 13 heteroatoms. The van der Waals surface area contributed by atoms with Crippen LogP contribution in [0.3, 0.4) is 0 Å². The number of hydrogen-bond acceptors (Lipinski definition) is 6. The number of carboxylic acids is 1. The molecule has 284 valence electrons. The minimum absolute atomic E-state index is 0.145. The molecule has 0 aromatic heterocycles. The van der Waals surface area contributed by atoms with Gasteiger partial charge in [-0.05, 0) is 76.6 Å². The van der Waals surface area contributed by atoms with Crippen LogP contribution in [0, 0.1) is 0 Å². The first-order valence-corrected chi connectivity index (χ1v) is 18.5. The maximum atomic E-state index is 13.9. The third-order valence-corrected chi connectivity index (χ3v) is 10.4. The van der Waals surface area contributed by atoms with Gasteiger partial charge in [0.05, 0.1) is 38.9 Å². The summed E-state index contributed by atoms with van der Waals surface area (Å²) in [6.07, 6.45) is 9.46. The van der Waals surface area contributed by atoms with Crippen LogP contribution in [0.4, 0.5) is 23.2 Å². The molecule has 8 nitrogen and oxygen atoms in total. The molecule has 0 saturated carbocycles. The zero-order valence-corrected chi connectivity index (χ0v) is 30.7. The molecular formula is C40H44ClF4N3O5. The largest absolute Gasteiger partial charge is 0.545 e. The van der Waals surface area contributed by atoms with Gasteiger partial charge in [-0.2, -0.15) is 8.78 Å². The molecule has 2 aliphatic carbocycles. The second-order valence-electron chi connectivity index (χ2n) is 14.5. The van der Waals surface area contributed by atoms with E-state index in [1.807, 2.05) is 26.0 Å². The molecule has 2 fully saturated rings. The first-order chi connectivity index (χ1) is 25.2. The average Bonchev–Trinajstić information content (AvgIpc) is 3.09. The van der Waals surface area contributed by atoms with E-state index in [-0.39, 0.29) is 29.8 Å². The first kappa shape index (κ1) is 38.7. The van der Waals surface area contributed by atoms with Crippen molar-refractivity contribution >= 4 is 40.4 Å². The van der Waals surface area contributed by atoms with Crippen LogP contribution in [0.15, 0.2) is 65.8 Å². The fraction of sp³-hybridized carbons (Fsp3) is 0.475. The predicted octanol–water partition coefficient (Wildman–Crippen LogP) is 5.76. The van der Waals surface area contributed by atoms with Gasteiger partial charge in [-0.15, -0.1) is 11.6 Å². The summed E-state index contributed by atoms with van der Waals surface area (Å²) in [5, 5.41) is 15.4. The molecule has 1 amide bonds. The summed E-state index contributed by atoms with van der Waals surface area (Å²) in [6, 6.07) is 9.62. The fourth-order valence-electron chi connectivity index (χ4n) is 7.28. The Balaban J connectivity index is 1.27. The van der Waals surface area contributed by atoms with Gasteiger partial charge in [-0.3, -0.25) is 4.79 Å². The minimum Gasteiger partial charge on any atom is -0.545 e. The van der Waals surface area contributed by atoms with E-state index in [9.17, 15) is 32.3 Å². The van der Waals surface area contributed by atoms with Crippen molar-refractivity contribution in [1.29, 1.82) is 0 Å². The van der Waals surface area contributed by atoms with Crippen LogP contribution in [0.2, 0.25) is 0 Å². The number of aromatic carboxylic acids is 1. The van der Waals surface area contributed by atoms with E-state index in [4.69, 9.17) is 21.1 Å². The molecule has 6 rings (SSSR count). The smallest absolute Gasteiger partial charge is 0.361 e. The Bertz CT molecular complexity index is 1870. The van der Waals surface area contributed by atoms with E-state index in [1.165, 1.54) is 18.2 Å². The normalized spacial score (nSPS) is 19.2. The number of alkyl halides is 5. The van der Waals surface area contributed by atoms with Crippen LogP contribution < -0.4 is 15.3 Å². The lowest BCUT2D eigenvalue weighted by Gasteiger charge is -2.43. The van der Waals surface area contributed by atoms with Crippen molar-refractivity contribution in [2.45, 2.75) is 56.8 Å². The van der Waals surface area contributed by atoms with E-state index in [0.717, 1.165) is 36.8 Å². The molecule has 1 N–H and O–H groups in total. The standard InChI is InChI=1S/C40H44ClF4N3O5/c1-38(2)33-20-27(47-22-39(42,43)23-47)8-11-30(33)35(31-12-9-28(21-34(31)38)48-24-40(44,45)25-48)32-19-26(7-10-29(32)37(50)51)36(49)46-14-16-53-18-17-52-15-6-4-3-5-13-41/h7-12,19-21H,3-6,13-18,22-25H2,1-2H3,(H-,46,49,50,51). The maximum Gasteiger partial charge on any atom is 0.361 e. The summed E-state index contributed by atoms with van der Waals surface area (Å²) in [7, 11) is 0. The third-order valence-electron chi connectivity index (χ3n) is 10.2. The Kier molecular flexibility index (Phi) is 11.5. The third kappa shape index (κ3) is 8.55. The molecule has 0 unspecified atom stereocenters. The quantitative estimate of drug-likeness (QED) is 0.101. The highest BCUT2D eigenvalue weighted by Gasteiger charge is 2.51. The monoisotopic (exact) mass is 757 g/mol. The van der Waals surface area contributed by atoms with Crippen molar-refractivity contribution in [1.82, 2.24) is 5.32 Å². The van der Waals surface area contributed by atoms with Crippen molar-refractivity contribution < 1.29 is 46.3 Å². The van der Waals surface area contributed by atoms with Gasteiger partial charge in [0.15, 0.2) is 0 Å². The highest BCUT2D eigenvalue weighted by Crippen LogP contribution is 2.51. The molecule has 2 aromatic rings. The molecule has 0 atom stereocenters. The lowest BCUT2D eigenvalue weighted by atomic mass is 9.64. The molecule has 0 spiro atoms. The van der Waals surface area contributed by atoms with Gasteiger partial charge >= 0.3 is 5.92 Å². The summed E-state index contributed by atoms with van der Waals surface area (Å²) in [5.74, 6) is -6.80. The number of anilines is 1. The number of rotatable bonds is 16. The van der Waals surface area contributed by atoms with E-state index < -0.39 is 55.3 Å². The van der Waals surface area contributed by atoms with Crippen LogP contribution >= 0.6 is 11.6 Å². The number of hydrogen-bond donors (Lipinski definition) is 1. The van der Waals surface area contributed by atoms with E-state index in [1.54, 1.807) is 33.8 Å². The molecule has 4 aliphatic rings. The molecule has 2 heterocycles. The van der Waals surface area contributed by atoms with Gasteiger partial charge in [0.25, 0.3) is 11.8 Å². The second-order valence-corrected chi connectivity index (χ2v) is 14.9. The number of allylic oxidation sites excluding steroid dienone is 5. The summed E-state index contributed by atoms with van der Waals surface area (Å²) < 4.78 is 68.3. The van der Waals surface area contributed by atoms with Crippen molar-refractivity contribution in [2.75, 3.05) is 69.9 Å². The van der Waals surface area contributed by atoms with Gasteiger partial charge in [0, 0.05) is 53.4 Å². The number of halogens is 5. The van der Waals surface area contributed by atoms with Gasteiger partial charge in [-0.1, -0.05) is 38.8 Å². The minimum atomic E-state index is -2.79. The molecule has 53 heavy (non-hydrogen) atoms. The van der Waals surface area contributed by atoms with E-state index in [2.05, 4.69) is 5.32 Å². The van der Waals surface area contributed by atoms with Crippen molar-refractivity contribution in [3.8, 4) is 0 Å². The molecule has 0 bridgehead atoms. The van der Waals surface area contributed by atoms with Crippen LogP contribution in [-0.2, 0) is 14.9 Å². The Morgan fingerprint density at radius 3 is 2.28 bits per heavy atom. The van der Waals surface area contributed by atoms with Crippen molar-refractivity contribution in [3.63, 3.8) is 0 Å². The van der Waals surface area contributed by atoms with Gasteiger partial charge < -0.3 is 29.6 Å². The molecule has 2 aromatic carbocycles. The number of amides is 1. The number of fused-ring (bicyclic) bond motifs is 2. The number of nitrogens with one attached hydrogen (secondary N) is 1. The second kappa shape index (κ2) is 15.8. The summed E-state index contributed by atoms with van der Waals surface area (Å²) in [4.78, 5) is 27.5. The number of carbonyl (C=O) groups excluding carboxylic acids is 2. The number of ether oxygens (including phenoxy) is 2. The number of carboxylic acid groups (broad SMARTS) is 1. The van der Waals surface area contributed by atoms with Crippen molar-refractivity contribution in [2.24, 2.45) is 0 Å². The Hall–Kier alpha value is -4.00. The number of nitrogens with zero attached hydrogens (tertiary/aromatic N) is 2. The predicted molar refractivity (Wildman–Crippen MR) is 194 cm³/mol. The Morgan fingerprint density at radius 1 is 0.887 bits per heavy atom. The maximum absolute atomic E-state index is 13.9. The van der Waals surface area contributed by atoms with E-state index >= 15 is 0 Å². The molecule has 0 radical (unpaired) electrons. The van der Waals surface area contributed by atoms with Gasteiger partial charge in [0.2, 0.25) is 18.8 Å². The first-order valence-electron chi connectivity index (χ1n) is 18.0. The zero-order chi connectivity index (χ0) is 38.0. The SMILES string of the molecule is CC1(C)C2=CC(=[N+]3CC(F)(F)C3)C=CC2=C(c2cc(C(=O)NCCOCCOCCCCCCCl)ccc2C(=O)[O-])c2ccc(N3CC(F)(F)C3)cc21. The van der Waals surface area contributed by atoms with Crippen molar-refractivity contribution in [3.05, 3.63) is 93.6 Å². The molecular weight excluding hydrogens is 714 g/mol. The molecule has 2 aliphatic heterocycles. The Morgan fingerprint density at radius 2 is 1.60 bits per heavy atom. The summed E-state index contributed by atoms with van der Waals surface area (Å²) >= 11 is 5.69. The van der Waals surface area contributed by atoms with Gasteiger partial charge in [-0.25, -0.2) is 13.4 Å². The highest BCUT2D eigenvalue weighted by molar-refractivity contribution is 6.17. The number of carbonyl (C=O) groups is 2. The van der Waals surface area contributed by atoms with Crippen LogP contribution in [0.5, 0.6) is 0 Å². The topological polar surface area (TPSA) is 93.9 Å². The summed E-state index contributed by atoms with van der Waals surface area (Å²) in [6.45, 7) is 4.16. The van der Waals surface area contributed by atoms with Gasteiger partial charge in [0.1, 0.15) is 0 Å². The summed E-state index contributed by atoms with van der Waals surface area (Å²) in [5.41, 5.74) is 4.04. The fourth-order valence-corrected chi connectivity index (χ4v) is 7.47. The zero-order valence-electron chi connectivity index (χ0n) is 29.9. The number of unbranched alkanes of at least 4 members (excludes halogenated alkanes) is 3. The molecule has 2 saturated heterocycles. The Labute approximate surface area is 311 Å².